The van der Waals surface area contributed by atoms with Crippen molar-refractivity contribution < 1.29 is 9.59 Å². The Bertz CT molecular complexity index is 141. The van der Waals surface area contributed by atoms with Crippen molar-refractivity contribution in [2.24, 2.45) is 17.2 Å². The first-order chi connectivity index (χ1) is 4.92. The fourth-order valence-corrected chi connectivity index (χ4v) is 3.65. The first-order valence-electron chi connectivity index (χ1n) is 3.64. The van der Waals surface area contributed by atoms with Crippen LogP contribution in [-0.4, -0.2) is 36.3 Å². The summed E-state index contributed by atoms with van der Waals surface area (Å²) in [5.41, 5.74) is 16.7. The molecular formula is C5H15N3O2Si. The Hall–Kier alpha value is 0.0169. The third kappa shape index (κ3) is 1.98. The van der Waals surface area contributed by atoms with E-state index in [0.717, 1.165) is 0 Å². The highest BCUT2D eigenvalue weighted by molar-refractivity contribution is 6.65. The summed E-state index contributed by atoms with van der Waals surface area (Å²) in [5.74, 6) is 0. The standard InChI is InChI=1S/C5H15N3O2Si/c6-3-1-11(9,10)2-4(7)5(3)8/h3-5,9-10H,1-2,6-8H2. The van der Waals surface area contributed by atoms with Crippen LogP contribution < -0.4 is 17.2 Å². The molecule has 2 atom stereocenters. The SMILES string of the molecule is NC1C[Si](O)(O)CC(N)C1N. The van der Waals surface area contributed by atoms with Crippen LogP contribution in [0.25, 0.3) is 0 Å². The molecule has 0 aliphatic carbocycles. The minimum absolute atomic E-state index is 0.238. The molecule has 66 valence electrons. The number of rotatable bonds is 0. The molecule has 1 heterocycles. The van der Waals surface area contributed by atoms with Crippen LogP contribution in [0, 0.1) is 0 Å². The summed E-state index contributed by atoms with van der Waals surface area (Å²) in [6.07, 6.45) is 0. The zero-order valence-electron chi connectivity index (χ0n) is 6.27. The second-order valence-electron chi connectivity index (χ2n) is 3.30. The molecule has 0 bridgehead atoms. The van der Waals surface area contributed by atoms with Crippen LogP contribution in [0.3, 0.4) is 0 Å². The van der Waals surface area contributed by atoms with E-state index in [1.165, 1.54) is 0 Å². The van der Waals surface area contributed by atoms with E-state index in [0.29, 0.717) is 0 Å². The molecule has 1 aliphatic heterocycles. The zero-order valence-corrected chi connectivity index (χ0v) is 7.27. The quantitative estimate of drug-likeness (QED) is 0.260. The van der Waals surface area contributed by atoms with Gasteiger partial charge in [-0.2, -0.15) is 0 Å². The van der Waals surface area contributed by atoms with Crippen molar-refractivity contribution in [1.29, 1.82) is 0 Å². The van der Waals surface area contributed by atoms with Crippen LogP contribution in [-0.2, 0) is 0 Å². The van der Waals surface area contributed by atoms with Crippen molar-refractivity contribution in [3.05, 3.63) is 0 Å². The van der Waals surface area contributed by atoms with Gasteiger partial charge in [-0.05, 0) is 0 Å². The van der Waals surface area contributed by atoms with Gasteiger partial charge in [-0.3, -0.25) is 0 Å². The Labute approximate surface area is 66.4 Å². The summed E-state index contributed by atoms with van der Waals surface area (Å²) in [6.45, 7) is 0. The molecule has 0 amide bonds. The highest BCUT2D eigenvalue weighted by Gasteiger charge is 2.43. The fourth-order valence-electron chi connectivity index (χ4n) is 1.43. The average Bonchev–Trinajstić information content (AvgIpc) is 1.81. The number of nitrogens with two attached hydrogens (primary N) is 3. The van der Waals surface area contributed by atoms with E-state index in [-0.39, 0.29) is 30.2 Å². The predicted molar refractivity (Wildman–Crippen MR) is 43.7 cm³/mol. The highest BCUT2D eigenvalue weighted by atomic mass is 28.4. The summed E-state index contributed by atoms with van der Waals surface area (Å²) in [4.78, 5) is 18.6. The molecule has 8 N–H and O–H groups in total. The maximum Gasteiger partial charge on any atom is 0.335 e. The van der Waals surface area contributed by atoms with E-state index in [4.69, 9.17) is 17.2 Å². The smallest absolute Gasteiger partial charge is 0.335 e. The molecule has 0 aromatic heterocycles. The largest absolute Gasteiger partial charge is 0.411 e. The van der Waals surface area contributed by atoms with E-state index >= 15 is 0 Å². The monoisotopic (exact) mass is 177 g/mol. The zero-order chi connectivity index (χ0) is 8.65. The Balaban J connectivity index is 2.62. The molecule has 1 aliphatic rings. The third-order valence-corrected chi connectivity index (χ3v) is 4.36. The van der Waals surface area contributed by atoms with E-state index in [1.54, 1.807) is 0 Å². The second-order valence-corrected chi connectivity index (χ2v) is 6.08. The van der Waals surface area contributed by atoms with Gasteiger partial charge in [-0.25, -0.2) is 0 Å². The van der Waals surface area contributed by atoms with Crippen LogP contribution >= 0.6 is 0 Å². The molecule has 0 saturated carbocycles. The second kappa shape index (κ2) is 2.81. The van der Waals surface area contributed by atoms with Crippen molar-refractivity contribution in [2.45, 2.75) is 30.2 Å². The molecule has 6 heteroatoms. The van der Waals surface area contributed by atoms with E-state index in [9.17, 15) is 9.59 Å². The molecule has 0 aromatic carbocycles. The van der Waals surface area contributed by atoms with Crippen molar-refractivity contribution in [1.82, 2.24) is 0 Å². The van der Waals surface area contributed by atoms with Gasteiger partial charge in [0.2, 0.25) is 0 Å². The first-order valence-corrected chi connectivity index (χ1v) is 5.95. The lowest BCUT2D eigenvalue weighted by molar-refractivity contribution is 0.305. The Morgan fingerprint density at radius 3 is 1.73 bits per heavy atom. The maximum atomic E-state index is 9.31. The van der Waals surface area contributed by atoms with Crippen molar-refractivity contribution in [2.75, 3.05) is 0 Å². The van der Waals surface area contributed by atoms with Gasteiger partial charge in [0.05, 0.1) is 0 Å². The van der Waals surface area contributed by atoms with Gasteiger partial charge < -0.3 is 26.8 Å². The summed E-state index contributed by atoms with van der Waals surface area (Å²) >= 11 is 0. The summed E-state index contributed by atoms with van der Waals surface area (Å²) in [6, 6.07) is -0.542. The first kappa shape index (κ1) is 9.11. The molecule has 1 saturated heterocycles. The third-order valence-electron chi connectivity index (χ3n) is 2.11. The van der Waals surface area contributed by atoms with Crippen LogP contribution in [0.4, 0.5) is 0 Å². The highest BCUT2D eigenvalue weighted by Crippen LogP contribution is 2.21. The Kier molecular flexibility index (Phi) is 2.33. The molecule has 1 rings (SSSR count). The average molecular weight is 177 g/mol. The number of hydrogen-bond acceptors (Lipinski definition) is 5. The lowest BCUT2D eigenvalue weighted by atomic mass is 10.0. The van der Waals surface area contributed by atoms with Gasteiger partial charge in [0.15, 0.2) is 0 Å². The molecular weight excluding hydrogens is 162 g/mol. The topological polar surface area (TPSA) is 119 Å². The van der Waals surface area contributed by atoms with Gasteiger partial charge in [0.25, 0.3) is 0 Å². The van der Waals surface area contributed by atoms with Gasteiger partial charge >= 0.3 is 8.56 Å². The van der Waals surface area contributed by atoms with Crippen LogP contribution in [0.2, 0.25) is 12.1 Å². The molecule has 0 spiro atoms. The molecule has 11 heavy (non-hydrogen) atoms. The Morgan fingerprint density at radius 2 is 1.36 bits per heavy atom. The normalized spacial score (nSPS) is 43.9. The van der Waals surface area contributed by atoms with Crippen LogP contribution in [0.5, 0.6) is 0 Å². The van der Waals surface area contributed by atoms with Crippen molar-refractivity contribution in [3.8, 4) is 0 Å². The summed E-state index contributed by atoms with van der Waals surface area (Å²) < 4.78 is 0. The molecule has 0 radical (unpaired) electrons. The van der Waals surface area contributed by atoms with Crippen LogP contribution in [0.15, 0.2) is 0 Å². The van der Waals surface area contributed by atoms with Crippen LogP contribution in [0.1, 0.15) is 0 Å². The summed E-state index contributed by atoms with van der Waals surface area (Å²) in [7, 11) is -3.09. The van der Waals surface area contributed by atoms with Gasteiger partial charge in [0.1, 0.15) is 0 Å². The van der Waals surface area contributed by atoms with E-state index in [1.807, 2.05) is 0 Å². The van der Waals surface area contributed by atoms with Crippen molar-refractivity contribution in [3.63, 3.8) is 0 Å². The van der Waals surface area contributed by atoms with Gasteiger partial charge in [-0.1, -0.05) is 0 Å². The lowest BCUT2D eigenvalue weighted by Crippen LogP contribution is -2.63. The van der Waals surface area contributed by atoms with Gasteiger partial charge in [0, 0.05) is 30.2 Å². The minimum Gasteiger partial charge on any atom is -0.411 e. The van der Waals surface area contributed by atoms with Gasteiger partial charge in [-0.15, -0.1) is 0 Å². The van der Waals surface area contributed by atoms with E-state index in [2.05, 4.69) is 0 Å². The van der Waals surface area contributed by atoms with E-state index < -0.39 is 8.56 Å². The number of hydrogen-bond donors (Lipinski definition) is 5. The summed E-state index contributed by atoms with van der Waals surface area (Å²) in [5, 5.41) is 0. The molecule has 0 aromatic rings. The van der Waals surface area contributed by atoms with Crippen molar-refractivity contribution >= 4 is 8.56 Å². The molecule has 5 nitrogen and oxygen atoms in total. The Morgan fingerprint density at radius 1 is 1.00 bits per heavy atom. The molecule has 1 fully saturated rings. The molecule has 2 unspecified atom stereocenters. The maximum absolute atomic E-state index is 9.31. The lowest BCUT2D eigenvalue weighted by Gasteiger charge is -2.36. The minimum atomic E-state index is -3.09. The fraction of sp³-hybridized carbons (Fsp3) is 1.00. The predicted octanol–water partition coefficient (Wildman–Crippen LogP) is -2.59.